The highest BCUT2D eigenvalue weighted by Crippen LogP contribution is 2.23. The minimum Gasteiger partial charge on any atom is -0.334 e. The molecule has 1 saturated heterocycles. The van der Waals surface area contributed by atoms with E-state index in [0.717, 1.165) is 59.0 Å². The van der Waals surface area contributed by atoms with Crippen molar-refractivity contribution >= 4 is 39.2 Å². The number of nitrogens with zero attached hydrogens (tertiary/aromatic N) is 5. The van der Waals surface area contributed by atoms with E-state index in [1.807, 2.05) is 40.9 Å². The van der Waals surface area contributed by atoms with E-state index in [4.69, 9.17) is 0 Å². The number of aromatic nitrogens is 3. The van der Waals surface area contributed by atoms with Gasteiger partial charge in [0.05, 0.1) is 22.5 Å². The normalized spacial score (nSPS) is 17.3. The summed E-state index contributed by atoms with van der Waals surface area (Å²) < 4.78 is 2.65. The molecule has 0 bridgehead atoms. The number of carbonyl (C=O) groups excluding carboxylic acids is 1. The average molecular weight is 442 g/mol. The van der Waals surface area contributed by atoms with Gasteiger partial charge in [-0.25, -0.2) is 9.67 Å². The van der Waals surface area contributed by atoms with Crippen LogP contribution in [0.25, 0.3) is 10.2 Å². The number of thioether (sulfide) groups is 1. The summed E-state index contributed by atoms with van der Waals surface area (Å²) in [5.41, 5.74) is 3.03. The van der Waals surface area contributed by atoms with Crippen molar-refractivity contribution in [2.45, 2.75) is 18.7 Å². The summed E-state index contributed by atoms with van der Waals surface area (Å²) in [6, 6.07) is 9.60. The smallest absolute Gasteiger partial charge is 0.282 e. The summed E-state index contributed by atoms with van der Waals surface area (Å²) >= 11 is 3.31. The van der Waals surface area contributed by atoms with Crippen molar-refractivity contribution in [3.63, 3.8) is 0 Å². The Balaban J connectivity index is 1.17. The summed E-state index contributed by atoms with van der Waals surface area (Å²) in [7, 11) is 0. The maximum absolute atomic E-state index is 12.8. The van der Waals surface area contributed by atoms with Gasteiger partial charge in [0, 0.05) is 51.0 Å². The molecular weight excluding hydrogens is 418 g/mol. The topological polar surface area (TPSA) is 71.3 Å². The van der Waals surface area contributed by atoms with Gasteiger partial charge < -0.3 is 4.90 Å². The second kappa shape index (κ2) is 8.49. The molecule has 2 aromatic heterocycles. The molecule has 1 aromatic carbocycles. The molecule has 2 aliphatic heterocycles. The van der Waals surface area contributed by atoms with Crippen LogP contribution in [0.2, 0.25) is 0 Å². The number of piperazine rings is 1. The number of hydrogen-bond acceptors (Lipinski definition) is 7. The highest BCUT2D eigenvalue weighted by atomic mass is 32.2. The standard InChI is InChI=1S/C21H23N5O2S2/c27-19-13-15-14-29-12-5-16(15)23-26(19)11-8-24-6-9-25(10-7-24)21(28)20-22-17-3-1-2-4-18(17)30-20/h1-4,13H,5-12,14H2. The first-order chi connectivity index (χ1) is 14.7. The second-order valence-corrected chi connectivity index (χ2v) is 9.74. The number of rotatable bonds is 4. The predicted octanol–water partition coefficient (Wildman–Crippen LogP) is 2.10. The van der Waals surface area contributed by atoms with Crippen LogP contribution >= 0.6 is 23.1 Å². The second-order valence-electron chi connectivity index (χ2n) is 7.60. The van der Waals surface area contributed by atoms with Crippen LogP contribution in [0.5, 0.6) is 0 Å². The van der Waals surface area contributed by atoms with Crippen LogP contribution in [-0.4, -0.2) is 68.9 Å². The number of hydrogen-bond donors (Lipinski definition) is 0. The van der Waals surface area contributed by atoms with E-state index < -0.39 is 0 Å². The monoisotopic (exact) mass is 441 g/mol. The zero-order valence-corrected chi connectivity index (χ0v) is 18.3. The van der Waals surface area contributed by atoms with Gasteiger partial charge in [-0.2, -0.15) is 16.9 Å². The van der Waals surface area contributed by atoms with Crippen LogP contribution in [0.3, 0.4) is 0 Å². The van der Waals surface area contributed by atoms with Crippen LogP contribution in [0, 0.1) is 0 Å². The molecule has 9 heteroatoms. The van der Waals surface area contributed by atoms with Crippen molar-refractivity contribution < 1.29 is 4.79 Å². The Labute approximate surface area is 182 Å². The summed E-state index contributed by atoms with van der Waals surface area (Å²) in [5, 5.41) is 5.16. The van der Waals surface area contributed by atoms with E-state index in [1.54, 1.807) is 10.7 Å². The number of carbonyl (C=O) groups is 1. The van der Waals surface area contributed by atoms with E-state index in [-0.39, 0.29) is 11.5 Å². The zero-order chi connectivity index (χ0) is 20.5. The molecule has 2 aliphatic rings. The Kier molecular flexibility index (Phi) is 5.58. The van der Waals surface area contributed by atoms with Crippen molar-refractivity contribution in [2.75, 3.05) is 38.5 Å². The molecule has 30 heavy (non-hydrogen) atoms. The number of aryl methyl sites for hydroxylation is 1. The predicted molar refractivity (Wildman–Crippen MR) is 120 cm³/mol. The van der Waals surface area contributed by atoms with E-state index >= 15 is 0 Å². The van der Waals surface area contributed by atoms with Gasteiger partial charge in [0.25, 0.3) is 11.5 Å². The lowest BCUT2D eigenvalue weighted by Gasteiger charge is -2.34. The molecule has 0 spiro atoms. The first kappa shape index (κ1) is 19.7. The minimum absolute atomic E-state index is 0.0131. The molecule has 4 heterocycles. The number of benzene rings is 1. The highest BCUT2D eigenvalue weighted by Gasteiger charge is 2.24. The zero-order valence-electron chi connectivity index (χ0n) is 16.6. The molecule has 0 aliphatic carbocycles. The molecule has 0 radical (unpaired) electrons. The Morgan fingerprint density at radius 3 is 2.77 bits per heavy atom. The first-order valence-electron chi connectivity index (χ1n) is 10.2. The fourth-order valence-electron chi connectivity index (χ4n) is 3.92. The lowest BCUT2D eigenvalue weighted by atomic mass is 10.2. The van der Waals surface area contributed by atoms with Gasteiger partial charge in [-0.15, -0.1) is 11.3 Å². The number of thiazole rings is 1. The van der Waals surface area contributed by atoms with Gasteiger partial charge in [-0.1, -0.05) is 12.1 Å². The molecule has 3 aromatic rings. The van der Waals surface area contributed by atoms with Gasteiger partial charge in [-0.3, -0.25) is 14.5 Å². The Hall–Kier alpha value is -2.23. The van der Waals surface area contributed by atoms with Crippen LogP contribution in [0.15, 0.2) is 35.1 Å². The van der Waals surface area contributed by atoms with Crippen LogP contribution in [0.1, 0.15) is 21.1 Å². The fraction of sp³-hybridized carbons (Fsp3) is 0.429. The van der Waals surface area contributed by atoms with Crippen LogP contribution < -0.4 is 5.56 Å². The maximum atomic E-state index is 12.8. The van der Waals surface area contributed by atoms with Crippen molar-refractivity contribution in [1.82, 2.24) is 24.6 Å². The van der Waals surface area contributed by atoms with Crippen LogP contribution in [-0.2, 0) is 18.7 Å². The molecule has 1 amide bonds. The van der Waals surface area contributed by atoms with Gasteiger partial charge in [0.1, 0.15) is 0 Å². The Morgan fingerprint density at radius 1 is 1.10 bits per heavy atom. The SMILES string of the molecule is O=C(c1nc2ccccc2s1)N1CCN(CCn2nc3c(cc2=O)CSCC3)CC1. The van der Waals surface area contributed by atoms with Gasteiger partial charge in [0.15, 0.2) is 5.01 Å². The largest absolute Gasteiger partial charge is 0.334 e. The van der Waals surface area contributed by atoms with Crippen molar-refractivity contribution in [3.05, 3.63) is 57.0 Å². The van der Waals surface area contributed by atoms with Crippen LogP contribution in [0.4, 0.5) is 0 Å². The molecule has 0 atom stereocenters. The third-order valence-electron chi connectivity index (χ3n) is 5.67. The average Bonchev–Trinajstić information content (AvgIpc) is 3.22. The maximum Gasteiger partial charge on any atom is 0.282 e. The summed E-state index contributed by atoms with van der Waals surface area (Å²) in [4.78, 5) is 33.9. The fourth-order valence-corrected chi connectivity index (χ4v) is 5.81. The number of para-hydroxylation sites is 1. The summed E-state index contributed by atoms with van der Waals surface area (Å²) in [5.74, 6) is 1.98. The lowest BCUT2D eigenvalue weighted by molar-refractivity contribution is 0.0631. The molecule has 7 nitrogen and oxygen atoms in total. The lowest BCUT2D eigenvalue weighted by Crippen LogP contribution is -2.49. The first-order valence-corrected chi connectivity index (χ1v) is 12.2. The van der Waals surface area contributed by atoms with E-state index in [9.17, 15) is 9.59 Å². The minimum atomic E-state index is -0.0131. The molecule has 156 valence electrons. The van der Waals surface area contributed by atoms with Gasteiger partial charge in [-0.05, 0) is 23.4 Å². The number of amides is 1. The van der Waals surface area contributed by atoms with Crippen molar-refractivity contribution in [2.24, 2.45) is 0 Å². The van der Waals surface area contributed by atoms with E-state index in [1.165, 1.54) is 11.3 Å². The van der Waals surface area contributed by atoms with Crippen molar-refractivity contribution in [1.29, 1.82) is 0 Å². The Morgan fingerprint density at radius 2 is 1.93 bits per heavy atom. The summed E-state index contributed by atoms with van der Waals surface area (Å²) in [6.07, 6.45) is 0.937. The molecule has 0 unspecified atom stereocenters. The third kappa shape index (κ3) is 4.01. The van der Waals surface area contributed by atoms with Crippen molar-refractivity contribution in [3.8, 4) is 0 Å². The third-order valence-corrected chi connectivity index (χ3v) is 7.70. The van der Waals surface area contributed by atoms with Gasteiger partial charge in [0.2, 0.25) is 0 Å². The molecule has 5 rings (SSSR count). The summed E-state index contributed by atoms with van der Waals surface area (Å²) in [6.45, 7) is 4.31. The van der Waals surface area contributed by atoms with Gasteiger partial charge >= 0.3 is 0 Å². The molecule has 0 N–H and O–H groups in total. The Bertz CT molecular complexity index is 1100. The molecule has 1 fully saturated rings. The van der Waals surface area contributed by atoms with E-state index in [0.29, 0.717) is 24.6 Å². The van der Waals surface area contributed by atoms with E-state index in [2.05, 4.69) is 15.0 Å². The highest BCUT2D eigenvalue weighted by molar-refractivity contribution is 7.98. The number of fused-ring (bicyclic) bond motifs is 2. The molecular formula is C21H23N5O2S2. The quantitative estimate of drug-likeness (QED) is 0.618. The molecule has 0 saturated carbocycles.